The molecule has 0 aliphatic rings. The second-order valence-corrected chi connectivity index (χ2v) is 5.54. The molecule has 16 heavy (non-hydrogen) atoms. The zero-order valence-corrected chi connectivity index (χ0v) is 12.5. The third-order valence-corrected chi connectivity index (χ3v) is 4.26. The van der Waals surface area contributed by atoms with Crippen LogP contribution in [0.4, 0.5) is 0 Å². The first kappa shape index (κ1) is 19.0. The molecule has 0 radical (unpaired) electrons. The van der Waals surface area contributed by atoms with Crippen LogP contribution in [-0.4, -0.2) is 37.9 Å². The van der Waals surface area contributed by atoms with E-state index in [1.54, 1.807) is 35.8 Å². The maximum atomic E-state index is 5.50. The Morgan fingerprint density at radius 1 is 1.38 bits per heavy atom. The van der Waals surface area contributed by atoms with E-state index in [1.807, 2.05) is 0 Å². The van der Waals surface area contributed by atoms with Gasteiger partial charge in [-0.1, -0.05) is 21.6 Å². The van der Waals surface area contributed by atoms with Crippen molar-refractivity contribution in [3.05, 3.63) is 4.84 Å². The Labute approximate surface area is 116 Å². The highest BCUT2D eigenvalue weighted by Crippen LogP contribution is 2.24. The standard InChI is InChI=1S/C8H16ClN2O2S2.ClH/c1-12-7(10)3-5-14-15-6-4-8(11-9)13-2;/h8,10H,3-6H2,1-2H3;1H/q-1;. The van der Waals surface area contributed by atoms with E-state index in [0.717, 1.165) is 24.3 Å². The van der Waals surface area contributed by atoms with Crippen LogP contribution in [0.1, 0.15) is 12.8 Å². The van der Waals surface area contributed by atoms with Crippen molar-refractivity contribution >= 4 is 39.3 Å². The Balaban J connectivity index is 0. The summed E-state index contributed by atoms with van der Waals surface area (Å²) in [6, 6.07) is 0. The van der Waals surface area contributed by atoms with Crippen LogP contribution in [0.25, 0.3) is 4.84 Å². The summed E-state index contributed by atoms with van der Waals surface area (Å²) in [5, 5.41) is 5.50. The Morgan fingerprint density at radius 3 is 2.50 bits per heavy atom. The average Bonchev–Trinajstić information content (AvgIpc) is 2.28. The maximum Gasteiger partial charge on any atom is 0.333 e. The molecule has 0 rings (SSSR count). The van der Waals surface area contributed by atoms with Crippen LogP contribution in [-0.2, 0) is 9.47 Å². The molecule has 1 atom stereocenters. The summed E-state index contributed by atoms with van der Waals surface area (Å²) in [7, 11) is 6.70. The van der Waals surface area contributed by atoms with Gasteiger partial charge >= 0.3 is 5.90 Å². The first-order chi connectivity index (χ1) is 7.24. The van der Waals surface area contributed by atoms with E-state index in [4.69, 9.17) is 26.7 Å². The quantitative estimate of drug-likeness (QED) is 0.243. The molecule has 0 amide bonds. The topological polar surface area (TPSA) is 58.2 Å². The lowest BCUT2D eigenvalue weighted by Gasteiger charge is -2.23. The highest BCUT2D eigenvalue weighted by Gasteiger charge is 2.01. The van der Waals surface area contributed by atoms with Crippen LogP contribution in [0.15, 0.2) is 0 Å². The average molecular weight is 308 g/mol. The molecule has 0 saturated carbocycles. The van der Waals surface area contributed by atoms with Crippen molar-refractivity contribution in [1.82, 2.24) is 0 Å². The molecular formula is C8H17Cl2N2O2S2-. The molecule has 8 heteroatoms. The van der Waals surface area contributed by atoms with Gasteiger partial charge < -0.3 is 26.7 Å². The summed E-state index contributed by atoms with van der Waals surface area (Å²) < 4.78 is 9.85. The molecule has 0 saturated heterocycles. The van der Waals surface area contributed by atoms with Gasteiger partial charge in [-0.15, -0.1) is 0 Å². The lowest BCUT2D eigenvalue weighted by atomic mass is 10.4. The molecule has 98 valence electrons. The summed E-state index contributed by atoms with van der Waals surface area (Å²) in [5.41, 5.74) is 0. The first-order valence-corrected chi connectivity index (χ1v) is 7.30. The van der Waals surface area contributed by atoms with E-state index in [2.05, 4.69) is 4.84 Å². The molecule has 0 fully saturated rings. The Kier molecular flexibility index (Phi) is 16.3. The molecule has 0 aromatic heterocycles. The Morgan fingerprint density at radius 2 is 2.00 bits per heavy atom. The Bertz CT molecular complexity index is 174. The fraction of sp³-hybridized carbons (Fsp3) is 0.875. The number of nitrogens with two attached hydrogens (primary N) is 1. The van der Waals surface area contributed by atoms with Gasteiger partial charge in [-0.05, 0) is 12.6 Å². The number of ether oxygens (including phenoxy) is 2. The smallest absolute Gasteiger partial charge is 0.333 e. The van der Waals surface area contributed by atoms with Crippen molar-refractivity contribution in [3.63, 3.8) is 0 Å². The van der Waals surface area contributed by atoms with Gasteiger partial charge in [0.15, 0.2) is 0 Å². The van der Waals surface area contributed by atoms with Crippen LogP contribution in [0.3, 0.4) is 0 Å². The fourth-order valence-corrected chi connectivity index (χ4v) is 2.96. The zero-order valence-electron chi connectivity index (χ0n) is 9.32. The number of rotatable bonds is 9. The van der Waals surface area contributed by atoms with Gasteiger partial charge in [0.2, 0.25) is 0 Å². The lowest BCUT2D eigenvalue weighted by Crippen LogP contribution is -3.00. The number of halogens is 2. The molecule has 0 spiro atoms. The number of hydrogen-bond acceptors (Lipinski definition) is 4. The van der Waals surface area contributed by atoms with E-state index < -0.39 is 0 Å². The molecule has 0 bridgehead atoms. The van der Waals surface area contributed by atoms with Crippen LogP contribution < -0.4 is 17.8 Å². The van der Waals surface area contributed by atoms with E-state index >= 15 is 0 Å². The van der Waals surface area contributed by atoms with Gasteiger partial charge in [-0.2, -0.15) is 0 Å². The molecule has 2 N–H and O–H groups in total. The molecule has 1 unspecified atom stereocenters. The minimum atomic E-state index is -0.199. The van der Waals surface area contributed by atoms with Crippen molar-refractivity contribution in [2.24, 2.45) is 0 Å². The van der Waals surface area contributed by atoms with E-state index in [-0.39, 0.29) is 18.6 Å². The van der Waals surface area contributed by atoms with Gasteiger partial charge in [0.1, 0.15) is 0 Å². The Hall–Kier alpha value is 0.670. The molecule has 0 aliphatic carbocycles. The van der Waals surface area contributed by atoms with Gasteiger partial charge in [0.05, 0.1) is 13.5 Å². The second-order valence-electron chi connectivity index (χ2n) is 2.64. The lowest BCUT2D eigenvalue weighted by molar-refractivity contribution is -0.140. The zero-order chi connectivity index (χ0) is 11.5. The number of hydrogen-bond donors (Lipinski definition) is 1. The van der Waals surface area contributed by atoms with Crippen molar-refractivity contribution in [3.8, 4) is 0 Å². The second kappa shape index (κ2) is 13.7. The van der Waals surface area contributed by atoms with E-state index in [1.165, 1.54) is 0 Å². The predicted octanol–water partition coefficient (Wildman–Crippen LogP) is -1.54. The minimum Gasteiger partial charge on any atom is -1.00 e. The highest BCUT2D eigenvalue weighted by molar-refractivity contribution is 8.76. The molecule has 4 nitrogen and oxygen atoms in total. The predicted molar refractivity (Wildman–Crippen MR) is 68.1 cm³/mol. The molecule has 0 aromatic rings. The SMILES string of the molecule is COC(=[NH2+])CCSSCCC([N-]Cl)OC.[Cl-]. The van der Waals surface area contributed by atoms with Crippen molar-refractivity contribution < 1.29 is 27.3 Å². The monoisotopic (exact) mass is 307 g/mol. The number of nitrogens with zero attached hydrogens (tertiary/aromatic N) is 1. The van der Waals surface area contributed by atoms with Gasteiger partial charge in [-0.25, -0.2) is 5.41 Å². The fourth-order valence-electron chi connectivity index (χ4n) is 0.718. The van der Waals surface area contributed by atoms with Gasteiger partial charge in [0, 0.05) is 18.6 Å². The van der Waals surface area contributed by atoms with Crippen LogP contribution >= 0.6 is 33.4 Å². The maximum absolute atomic E-state index is 5.50. The summed E-state index contributed by atoms with van der Waals surface area (Å²) in [4.78, 5) is 3.55. The highest BCUT2D eigenvalue weighted by atomic mass is 35.5. The number of methoxy groups -OCH3 is 2. The van der Waals surface area contributed by atoms with E-state index in [9.17, 15) is 0 Å². The van der Waals surface area contributed by atoms with Crippen molar-refractivity contribution in [1.29, 1.82) is 0 Å². The van der Waals surface area contributed by atoms with Crippen molar-refractivity contribution in [2.45, 2.75) is 19.1 Å². The van der Waals surface area contributed by atoms with Crippen LogP contribution in [0.5, 0.6) is 0 Å². The third-order valence-electron chi connectivity index (χ3n) is 1.61. The van der Waals surface area contributed by atoms with Gasteiger partial charge in [-0.3, -0.25) is 11.8 Å². The normalized spacial score (nSPS) is 11.7. The molecule has 0 aliphatic heterocycles. The van der Waals surface area contributed by atoms with Crippen molar-refractivity contribution in [2.75, 3.05) is 25.7 Å². The first-order valence-electron chi connectivity index (χ1n) is 4.48. The minimum absolute atomic E-state index is 0. The van der Waals surface area contributed by atoms with Crippen LogP contribution in [0.2, 0.25) is 0 Å². The summed E-state index contributed by atoms with van der Waals surface area (Å²) in [6.07, 6.45) is 1.40. The molecular weight excluding hydrogens is 291 g/mol. The van der Waals surface area contributed by atoms with Crippen LogP contribution in [0, 0.1) is 0 Å². The third kappa shape index (κ3) is 11.2. The molecule has 0 heterocycles. The van der Waals surface area contributed by atoms with E-state index in [0.29, 0.717) is 5.90 Å². The van der Waals surface area contributed by atoms with Gasteiger partial charge in [0.25, 0.3) is 0 Å². The largest absolute Gasteiger partial charge is 1.00 e. The summed E-state index contributed by atoms with van der Waals surface area (Å²) in [5.74, 6) is 2.47. The molecule has 0 aromatic carbocycles. The summed E-state index contributed by atoms with van der Waals surface area (Å²) >= 11 is 5.32. The summed E-state index contributed by atoms with van der Waals surface area (Å²) in [6.45, 7) is 0.